The molecule has 32 heavy (non-hydrogen) atoms. The molecular weight excluding hydrogens is 417 g/mol. The Labute approximate surface area is 184 Å². The molecule has 0 aliphatic carbocycles. The zero-order chi connectivity index (χ0) is 22.7. The highest BCUT2D eigenvalue weighted by Crippen LogP contribution is 2.24. The number of aliphatic hydroxyl groups excluding tert-OH is 1. The number of halogens is 1. The fourth-order valence-electron chi connectivity index (χ4n) is 3.88. The second-order valence-corrected chi connectivity index (χ2v) is 7.77. The lowest BCUT2D eigenvalue weighted by Crippen LogP contribution is -2.44. The number of para-hydroxylation sites is 1. The molecule has 8 nitrogen and oxygen atoms in total. The zero-order valence-electron chi connectivity index (χ0n) is 17.6. The van der Waals surface area contributed by atoms with Crippen molar-refractivity contribution in [3.63, 3.8) is 0 Å². The number of hydrogen-bond acceptors (Lipinski definition) is 6. The molecule has 1 aliphatic rings. The van der Waals surface area contributed by atoms with Crippen LogP contribution in [-0.2, 0) is 11.2 Å². The van der Waals surface area contributed by atoms with Gasteiger partial charge in [-0.25, -0.2) is 9.37 Å². The summed E-state index contributed by atoms with van der Waals surface area (Å²) in [4.78, 5) is 17.2. The van der Waals surface area contributed by atoms with Gasteiger partial charge in [-0.1, -0.05) is 12.1 Å². The number of aromatic nitrogens is 2. The lowest BCUT2D eigenvalue weighted by atomic mass is 10.0. The van der Waals surface area contributed by atoms with Crippen molar-refractivity contribution >= 4 is 16.8 Å². The Morgan fingerprint density at radius 2 is 2.22 bits per heavy atom. The van der Waals surface area contributed by atoms with E-state index in [0.717, 1.165) is 10.3 Å². The highest BCUT2D eigenvalue weighted by Gasteiger charge is 2.25. The second kappa shape index (κ2) is 9.46. The minimum Gasteiger partial charge on any atom is -0.445 e. The number of nitrogens with one attached hydrogen (secondary N) is 1. The van der Waals surface area contributed by atoms with E-state index in [1.54, 1.807) is 30.3 Å². The van der Waals surface area contributed by atoms with Crippen LogP contribution in [0.2, 0.25) is 0 Å². The molecule has 1 saturated heterocycles. The van der Waals surface area contributed by atoms with Crippen molar-refractivity contribution in [1.82, 2.24) is 10.3 Å². The second-order valence-electron chi connectivity index (χ2n) is 7.77. The van der Waals surface area contributed by atoms with E-state index in [1.807, 2.05) is 0 Å². The molecule has 3 N–H and O–H groups in total. The number of pyridine rings is 2. The van der Waals surface area contributed by atoms with Gasteiger partial charge in [0.25, 0.3) is 5.91 Å². The van der Waals surface area contributed by atoms with Crippen LogP contribution in [0.25, 0.3) is 10.9 Å². The third-order valence-electron chi connectivity index (χ3n) is 5.54. The SMILES string of the molecule is COc1ccc(Cc2cc(C(=O)NC3CCCOCC3O)nc3c(F)cccc23)c[n+]1O. The van der Waals surface area contributed by atoms with Crippen LogP contribution >= 0.6 is 0 Å². The molecule has 1 aliphatic heterocycles. The normalized spacial score (nSPS) is 18.8. The first-order valence-corrected chi connectivity index (χ1v) is 10.4. The largest absolute Gasteiger partial charge is 0.445 e. The van der Waals surface area contributed by atoms with Crippen molar-refractivity contribution in [1.29, 1.82) is 0 Å². The van der Waals surface area contributed by atoms with Gasteiger partial charge >= 0.3 is 5.88 Å². The average Bonchev–Trinajstić information content (AvgIpc) is 2.98. The Bertz CT molecular complexity index is 1140. The summed E-state index contributed by atoms with van der Waals surface area (Å²) in [6, 6.07) is 9.16. The van der Waals surface area contributed by atoms with Crippen LogP contribution in [0.5, 0.6) is 5.88 Å². The van der Waals surface area contributed by atoms with E-state index >= 15 is 0 Å². The molecule has 2 aromatic heterocycles. The Hall–Kier alpha value is -3.30. The quantitative estimate of drug-likeness (QED) is 0.411. The number of carbonyl (C=O) groups is 1. The summed E-state index contributed by atoms with van der Waals surface area (Å²) in [6.45, 7) is 0.675. The maximum atomic E-state index is 14.6. The molecule has 0 saturated carbocycles. The monoisotopic (exact) mass is 442 g/mol. The third-order valence-corrected chi connectivity index (χ3v) is 5.54. The number of carbonyl (C=O) groups excluding carboxylic acids is 1. The molecule has 2 atom stereocenters. The van der Waals surface area contributed by atoms with Gasteiger partial charge in [-0.2, -0.15) is 0 Å². The number of fused-ring (bicyclic) bond motifs is 1. The van der Waals surface area contributed by atoms with E-state index in [2.05, 4.69) is 10.3 Å². The molecule has 9 heteroatoms. The Morgan fingerprint density at radius 3 is 3.00 bits per heavy atom. The summed E-state index contributed by atoms with van der Waals surface area (Å²) in [6.07, 6.45) is 2.28. The Morgan fingerprint density at radius 1 is 1.38 bits per heavy atom. The maximum Gasteiger partial charge on any atom is 0.416 e. The van der Waals surface area contributed by atoms with Gasteiger partial charge in [0.1, 0.15) is 17.0 Å². The molecule has 3 heterocycles. The molecule has 1 aromatic carbocycles. The standard InChI is InChI=1S/C23H24FN3O5/c1-31-21-8-7-14(12-27(21)30)10-15-11-19(25-22-16(15)4-2-5-17(22)24)23(29)26-18-6-3-9-32-13-20(18)28/h2,4-5,7-8,11-12,18,20,28H,3,6,9-10,13H2,1H3,(H-,26,29,30)/p+1. The lowest BCUT2D eigenvalue weighted by molar-refractivity contribution is -0.906. The van der Waals surface area contributed by atoms with Crippen LogP contribution in [0.15, 0.2) is 42.6 Å². The predicted octanol–water partition coefficient (Wildman–Crippen LogP) is 1.77. The van der Waals surface area contributed by atoms with Crippen molar-refractivity contribution in [3.8, 4) is 5.88 Å². The molecule has 1 amide bonds. The Balaban J connectivity index is 1.68. The number of rotatable bonds is 5. The maximum absolute atomic E-state index is 14.6. The molecule has 3 aromatic rings. The minimum atomic E-state index is -0.822. The van der Waals surface area contributed by atoms with Crippen LogP contribution in [-0.4, -0.2) is 53.7 Å². The molecule has 2 unspecified atom stereocenters. The van der Waals surface area contributed by atoms with E-state index in [1.165, 1.54) is 19.4 Å². The van der Waals surface area contributed by atoms with Crippen molar-refractivity contribution < 1.29 is 33.7 Å². The van der Waals surface area contributed by atoms with Crippen molar-refractivity contribution in [2.24, 2.45) is 0 Å². The molecular formula is C23H25FN3O5+. The van der Waals surface area contributed by atoms with Crippen LogP contribution in [0.4, 0.5) is 4.39 Å². The van der Waals surface area contributed by atoms with Gasteiger partial charge in [-0.3, -0.25) is 10.0 Å². The highest BCUT2D eigenvalue weighted by atomic mass is 19.1. The number of aliphatic hydroxyl groups is 1. The average molecular weight is 442 g/mol. The van der Waals surface area contributed by atoms with Crippen LogP contribution in [0.1, 0.15) is 34.5 Å². The highest BCUT2D eigenvalue weighted by molar-refractivity contribution is 5.96. The van der Waals surface area contributed by atoms with E-state index in [9.17, 15) is 19.5 Å². The predicted molar refractivity (Wildman–Crippen MR) is 112 cm³/mol. The van der Waals surface area contributed by atoms with Gasteiger partial charge in [-0.05, 0) is 36.6 Å². The van der Waals surface area contributed by atoms with E-state index in [4.69, 9.17) is 9.47 Å². The first-order valence-electron chi connectivity index (χ1n) is 10.4. The first-order chi connectivity index (χ1) is 15.5. The topological polar surface area (TPSA) is 105 Å². The van der Waals surface area contributed by atoms with E-state index in [0.29, 0.717) is 36.8 Å². The van der Waals surface area contributed by atoms with Crippen molar-refractivity contribution in [3.05, 3.63) is 65.2 Å². The third kappa shape index (κ3) is 4.63. The summed E-state index contributed by atoms with van der Waals surface area (Å²) in [5.41, 5.74) is 1.55. The number of benzene rings is 1. The Kier molecular flexibility index (Phi) is 6.48. The molecule has 1 fully saturated rings. The van der Waals surface area contributed by atoms with E-state index < -0.39 is 23.9 Å². The van der Waals surface area contributed by atoms with Gasteiger partial charge in [0.15, 0.2) is 0 Å². The van der Waals surface area contributed by atoms with Crippen molar-refractivity contribution in [2.75, 3.05) is 20.3 Å². The lowest BCUT2D eigenvalue weighted by Gasteiger charge is -2.21. The smallest absolute Gasteiger partial charge is 0.416 e. The van der Waals surface area contributed by atoms with Crippen LogP contribution < -0.4 is 14.8 Å². The van der Waals surface area contributed by atoms with Crippen LogP contribution in [0.3, 0.4) is 0 Å². The number of nitrogens with zero attached hydrogens (tertiary/aromatic N) is 2. The van der Waals surface area contributed by atoms with Gasteiger partial charge in [0, 0.05) is 28.7 Å². The zero-order valence-corrected chi connectivity index (χ0v) is 17.6. The summed E-state index contributed by atoms with van der Waals surface area (Å²) >= 11 is 0. The van der Waals surface area contributed by atoms with Crippen LogP contribution in [0, 0.1) is 5.82 Å². The summed E-state index contributed by atoms with van der Waals surface area (Å²) in [5, 5.41) is 23.6. The number of methoxy groups -OCH3 is 1. The van der Waals surface area contributed by atoms with E-state index in [-0.39, 0.29) is 23.7 Å². The summed E-state index contributed by atoms with van der Waals surface area (Å²) < 4.78 is 25.8. The molecule has 0 spiro atoms. The number of amides is 1. The molecule has 0 bridgehead atoms. The van der Waals surface area contributed by atoms with Gasteiger partial charge in [0.2, 0.25) is 6.20 Å². The molecule has 0 radical (unpaired) electrons. The fraction of sp³-hybridized carbons (Fsp3) is 0.348. The first kappa shape index (κ1) is 21.9. The number of hydrogen-bond donors (Lipinski definition) is 3. The number of ether oxygens (including phenoxy) is 2. The van der Waals surface area contributed by atoms with Crippen molar-refractivity contribution in [2.45, 2.75) is 31.4 Å². The summed E-state index contributed by atoms with van der Waals surface area (Å²) in [7, 11) is 1.45. The minimum absolute atomic E-state index is 0.0559. The fourth-order valence-corrected chi connectivity index (χ4v) is 3.88. The summed E-state index contributed by atoms with van der Waals surface area (Å²) in [5.74, 6) is -0.757. The van der Waals surface area contributed by atoms with Gasteiger partial charge in [-0.15, -0.1) is 0 Å². The molecule has 168 valence electrons. The van der Waals surface area contributed by atoms with Gasteiger partial charge in [0.05, 0.1) is 31.9 Å². The van der Waals surface area contributed by atoms with Gasteiger partial charge < -0.3 is 19.9 Å². The molecule has 4 rings (SSSR count).